The predicted octanol–water partition coefficient (Wildman–Crippen LogP) is 10.3. The fraction of sp³-hybridized carbons (Fsp3) is 0.490. The maximum Gasteiger partial charge on any atom is 0.288 e. The van der Waals surface area contributed by atoms with Crippen molar-refractivity contribution < 1.29 is 32.7 Å². The van der Waals surface area contributed by atoms with E-state index < -0.39 is 37.0 Å². The summed E-state index contributed by atoms with van der Waals surface area (Å²) < 4.78 is 42.5. The summed E-state index contributed by atoms with van der Waals surface area (Å²) in [6.07, 6.45) is 14.1. The third kappa shape index (κ3) is 9.38. The smallest absolute Gasteiger partial charge is 0.288 e. The van der Waals surface area contributed by atoms with Gasteiger partial charge in [0.25, 0.3) is 21.6 Å². The zero-order chi connectivity index (χ0) is 46.7. The minimum absolute atomic E-state index is 0.0256. The quantitative estimate of drug-likeness (QED) is 0.0797. The van der Waals surface area contributed by atoms with Gasteiger partial charge in [0.15, 0.2) is 0 Å². The summed E-state index contributed by atoms with van der Waals surface area (Å²) in [6.45, 7) is 9.50. The lowest BCUT2D eigenvalue weighted by Gasteiger charge is -2.56. The molecule has 2 atom stereocenters. The molecule has 1 amide bonds. The predicted molar refractivity (Wildman–Crippen MR) is 259 cm³/mol. The topological polar surface area (TPSA) is 180 Å². The molecule has 4 fully saturated rings. The Morgan fingerprint density at radius 3 is 2.58 bits per heavy atom. The van der Waals surface area contributed by atoms with Crippen molar-refractivity contribution in [3.8, 4) is 17.2 Å². The van der Waals surface area contributed by atoms with Crippen LogP contribution < -0.4 is 19.1 Å². The number of H-pyrrole nitrogens is 1. The lowest BCUT2D eigenvalue weighted by Crippen LogP contribution is -2.54. The van der Waals surface area contributed by atoms with Crippen molar-refractivity contribution in [3.05, 3.63) is 106 Å². The number of aromatic nitrogens is 2. The number of nitrogens with zero attached hydrogens (tertiary/aromatic N) is 4. The number of aromatic amines is 1. The van der Waals surface area contributed by atoms with Crippen molar-refractivity contribution in [2.45, 2.75) is 130 Å². The molecule has 1 spiro atoms. The second-order valence-electron chi connectivity index (χ2n) is 20.3. The number of thioether (sulfide) groups is 1. The molecule has 0 radical (unpaired) electrons. The van der Waals surface area contributed by atoms with E-state index in [0.717, 1.165) is 68.9 Å². The van der Waals surface area contributed by atoms with Gasteiger partial charge in [-0.15, -0.1) is 11.8 Å². The van der Waals surface area contributed by atoms with Crippen LogP contribution in [0.2, 0.25) is 0 Å². The minimum Gasteiger partial charge on any atom is -0.491 e. The van der Waals surface area contributed by atoms with E-state index in [2.05, 4.69) is 62.6 Å². The summed E-state index contributed by atoms with van der Waals surface area (Å²) in [7, 11) is -4.63. The molecule has 14 nitrogen and oxygen atoms in total. The number of carbonyl (C=O) groups is 1. The molecule has 0 bridgehead atoms. The molecule has 5 heterocycles. The van der Waals surface area contributed by atoms with Gasteiger partial charge in [-0.3, -0.25) is 19.8 Å². The van der Waals surface area contributed by atoms with Crippen LogP contribution in [0.1, 0.15) is 125 Å². The Morgan fingerprint density at radius 1 is 1.04 bits per heavy atom. The summed E-state index contributed by atoms with van der Waals surface area (Å²) >= 11 is 1.32. The lowest BCUT2D eigenvalue weighted by atomic mass is 9.59. The molecular formula is C51H60N6O8S2. The highest BCUT2D eigenvalue weighted by Crippen LogP contribution is 2.55. The van der Waals surface area contributed by atoms with Crippen molar-refractivity contribution in [1.82, 2.24) is 19.6 Å². The first-order chi connectivity index (χ1) is 32.1. The van der Waals surface area contributed by atoms with Crippen LogP contribution in [0, 0.1) is 21.4 Å². The van der Waals surface area contributed by atoms with Gasteiger partial charge in [-0.25, -0.2) is 18.1 Å². The SMILES string of the molecule is CC(C)c1ccccc1[C@H]1CCCN1C1CC2(CCN(c3ccc(C(=O)NS(=O)(=O)c4cc5c(c([N+](=O)[O-])c4)S[C@@H](CC4CCC(C)(O)CC4)CO5)c(Oc4cnc5[nH]ccc5c4)c3)CC2)C1. The maximum absolute atomic E-state index is 14.1. The molecule has 16 heteroatoms. The van der Waals surface area contributed by atoms with Crippen molar-refractivity contribution in [2.24, 2.45) is 11.3 Å². The van der Waals surface area contributed by atoms with Crippen LogP contribution in [0.15, 0.2) is 88.9 Å². The monoisotopic (exact) mass is 948 g/mol. The molecule has 2 saturated heterocycles. The third-order valence-electron chi connectivity index (χ3n) is 15.3. The van der Waals surface area contributed by atoms with Gasteiger partial charge < -0.3 is 24.5 Å². The molecule has 5 aliphatic rings. The molecule has 67 heavy (non-hydrogen) atoms. The standard InChI is InChI=1S/C51H60N6O8S2/c1-32(2)40-7-4-5-8-41(40)43-9-6-20-56(43)36-28-51(29-36)17-21-55(22-18-51)35-10-11-42(45(25-35)65-37-24-34-14-19-52-48(34)53-30-37)49(58)54-67(62,63)39-26-44(57(60)61)47-46(27-39)64-31-38(66-47)23-33-12-15-50(3,59)16-13-33/h4-5,7-8,10-11,14,19,24-27,30,32-33,36,38,43,59H,6,9,12-13,15-18,20-23,28-29,31H2,1-3H3,(H,52,53)(H,54,58)/t33?,38-,43+,50?/m0/s1. The summed E-state index contributed by atoms with van der Waals surface area (Å²) in [4.78, 5) is 38.4. The number of piperidine rings is 1. The zero-order valence-electron chi connectivity index (χ0n) is 38.4. The molecule has 0 unspecified atom stereocenters. The van der Waals surface area contributed by atoms with E-state index in [1.807, 2.05) is 19.1 Å². The Balaban J connectivity index is 0.845. The number of nitro benzene ring substituents is 1. The fourth-order valence-electron chi connectivity index (χ4n) is 11.5. The first-order valence-electron chi connectivity index (χ1n) is 23.9. The average molecular weight is 949 g/mol. The van der Waals surface area contributed by atoms with E-state index in [1.54, 1.807) is 30.6 Å². The van der Waals surface area contributed by atoms with Crippen molar-refractivity contribution in [2.75, 3.05) is 31.1 Å². The molecule has 2 aliphatic carbocycles. The number of aliphatic hydroxyl groups is 1. The molecule has 3 aliphatic heterocycles. The lowest BCUT2D eigenvalue weighted by molar-refractivity contribution is -0.388. The van der Waals surface area contributed by atoms with E-state index >= 15 is 0 Å². The maximum atomic E-state index is 14.1. The highest BCUT2D eigenvalue weighted by Gasteiger charge is 2.50. The highest BCUT2D eigenvalue weighted by atomic mass is 32.2. The van der Waals surface area contributed by atoms with Gasteiger partial charge in [0.2, 0.25) is 0 Å². The molecule has 354 valence electrons. The Morgan fingerprint density at radius 2 is 1.82 bits per heavy atom. The largest absolute Gasteiger partial charge is 0.491 e. The molecule has 3 aromatic carbocycles. The highest BCUT2D eigenvalue weighted by molar-refractivity contribution is 8.00. The normalized spacial score (nSPS) is 24.3. The number of ether oxygens (including phenoxy) is 2. The Hall–Kier alpha value is -5.16. The first-order valence-corrected chi connectivity index (χ1v) is 26.2. The molecule has 5 aromatic rings. The van der Waals surface area contributed by atoms with Crippen LogP contribution in [-0.2, 0) is 10.0 Å². The van der Waals surface area contributed by atoms with E-state index in [9.17, 15) is 28.4 Å². The summed E-state index contributed by atoms with van der Waals surface area (Å²) in [6, 6.07) is 21.1. The van der Waals surface area contributed by atoms with E-state index in [1.165, 1.54) is 54.6 Å². The van der Waals surface area contributed by atoms with Crippen LogP contribution in [0.25, 0.3) is 11.0 Å². The number of carbonyl (C=O) groups excluding carboxylic acids is 1. The Bertz CT molecular complexity index is 2790. The van der Waals surface area contributed by atoms with E-state index in [-0.39, 0.29) is 33.8 Å². The van der Waals surface area contributed by atoms with Crippen LogP contribution in [0.5, 0.6) is 17.2 Å². The summed E-state index contributed by atoms with van der Waals surface area (Å²) in [5, 5.41) is 23.6. The van der Waals surface area contributed by atoms with Gasteiger partial charge >= 0.3 is 0 Å². The van der Waals surface area contributed by atoms with Crippen LogP contribution >= 0.6 is 11.8 Å². The number of nitrogens with one attached hydrogen (secondary N) is 2. The van der Waals surface area contributed by atoms with E-state index in [4.69, 9.17) is 9.47 Å². The number of sulfonamides is 1. The number of anilines is 1. The Kier molecular flexibility index (Phi) is 12.3. The van der Waals surface area contributed by atoms with Gasteiger partial charge in [-0.1, -0.05) is 38.1 Å². The number of fused-ring (bicyclic) bond motifs is 2. The van der Waals surface area contributed by atoms with Crippen LogP contribution in [0.4, 0.5) is 11.4 Å². The van der Waals surface area contributed by atoms with E-state index in [0.29, 0.717) is 53.6 Å². The first kappa shape index (κ1) is 45.6. The number of likely N-dealkylation sites (tertiary alicyclic amines) is 1. The number of benzene rings is 3. The van der Waals surface area contributed by atoms with Crippen molar-refractivity contribution in [1.29, 1.82) is 0 Å². The zero-order valence-corrected chi connectivity index (χ0v) is 40.0. The van der Waals surface area contributed by atoms with Crippen molar-refractivity contribution >= 4 is 50.1 Å². The summed E-state index contributed by atoms with van der Waals surface area (Å²) in [5.74, 6) is 0.497. The number of hydrogen-bond donors (Lipinski definition) is 3. The van der Waals surface area contributed by atoms with Gasteiger partial charge in [0.05, 0.1) is 27.2 Å². The number of nitro groups is 1. The summed E-state index contributed by atoms with van der Waals surface area (Å²) in [5.41, 5.74) is 3.69. The number of amides is 1. The van der Waals surface area contributed by atoms with Gasteiger partial charge in [-0.2, -0.15) is 0 Å². The van der Waals surface area contributed by atoms with Crippen LogP contribution in [-0.4, -0.2) is 82.4 Å². The van der Waals surface area contributed by atoms with Crippen LogP contribution in [0.3, 0.4) is 0 Å². The number of rotatable bonds is 12. The van der Waals surface area contributed by atoms with Gasteiger partial charge in [0, 0.05) is 65.9 Å². The molecule has 10 rings (SSSR count). The van der Waals surface area contributed by atoms with Gasteiger partial charge in [0.1, 0.15) is 34.4 Å². The second kappa shape index (κ2) is 18.1. The Labute approximate surface area is 396 Å². The molecular weight excluding hydrogens is 889 g/mol. The fourth-order valence-corrected chi connectivity index (χ4v) is 13.9. The molecule has 3 N–H and O–H groups in total. The van der Waals surface area contributed by atoms with Gasteiger partial charge in [-0.05, 0) is 137 Å². The molecule has 2 aromatic heterocycles. The minimum atomic E-state index is -4.63. The molecule has 2 saturated carbocycles. The third-order valence-corrected chi connectivity index (χ3v) is 17.9. The van der Waals surface area contributed by atoms with Crippen molar-refractivity contribution in [3.63, 3.8) is 0 Å². The average Bonchev–Trinajstić information content (AvgIpc) is 3.98. The number of hydrogen-bond acceptors (Lipinski definition) is 12. The number of pyridine rings is 1. The second-order valence-corrected chi connectivity index (χ2v) is 23.3.